The van der Waals surface area contributed by atoms with E-state index >= 15 is 0 Å². The number of amides is 2. The standard InChI is InChI=1S/C21H16ClF3N4O3S/c1-10-17(19(31)29-14-7-11(21(23,24)25)4-5-13(14)22)18(15-3-2-6-32-15)12(8-26)20(28-10)33-9-16(27)30/h2-7,18,28H,9H2,1H3,(H2,27,30)(H,29,31)/t18-/m0/s1. The summed E-state index contributed by atoms with van der Waals surface area (Å²) in [6, 6.07) is 7.70. The van der Waals surface area contributed by atoms with Gasteiger partial charge in [-0.2, -0.15) is 18.4 Å². The number of nitrogens with zero attached hydrogens (tertiary/aromatic N) is 1. The molecular formula is C21H16ClF3N4O3S. The largest absolute Gasteiger partial charge is 0.468 e. The van der Waals surface area contributed by atoms with E-state index in [1.807, 2.05) is 6.07 Å². The lowest BCUT2D eigenvalue weighted by Crippen LogP contribution is -2.31. The molecule has 0 unspecified atom stereocenters. The van der Waals surface area contributed by atoms with Gasteiger partial charge >= 0.3 is 6.18 Å². The number of carbonyl (C=O) groups excluding carboxylic acids is 2. The molecule has 2 amide bonds. The van der Waals surface area contributed by atoms with Crippen molar-refractivity contribution in [1.82, 2.24) is 5.32 Å². The second kappa shape index (κ2) is 9.64. The minimum atomic E-state index is -4.63. The van der Waals surface area contributed by atoms with Crippen LogP contribution in [0.2, 0.25) is 5.02 Å². The molecule has 1 aromatic heterocycles. The number of anilines is 1. The Morgan fingerprint density at radius 3 is 2.67 bits per heavy atom. The van der Waals surface area contributed by atoms with Crippen LogP contribution < -0.4 is 16.4 Å². The van der Waals surface area contributed by atoms with E-state index in [4.69, 9.17) is 21.8 Å². The Hall–Kier alpha value is -3.36. The van der Waals surface area contributed by atoms with Crippen LogP contribution in [0.15, 0.2) is 62.9 Å². The highest BCUT2D eigenvalue weighted by atomic mass is 35.5. The maximum Gasteiger partial charge on any atom is 0.416 e. The molecule has 172 valence electrons. The van der Waals surface area contributed by atoms with Crippen molar-refractivity contribution >= 4 is 40.9 Å². The monoisotopic (exact) mass is 496 g/mol. The molecule has 12 heteroatoms. The van der Waals surface area contributed by atoms with Gasteiger partial charge in [-0.3, -0.25) is 9.59 Å². The topological polar surface area (TPSA) is 121 Å². The minimum absolute atomic E-state index is 0.0402. The molecule has 0 spiro atoms. The number of alkyl halides is 3. The fourth-order valence-electron chi connectivity index (χ4n) is 3.20. The summed E-state index contributed by atoms with van der Waals surface area (Å²) in [5.41, 5.74) is 4.40. The van der Waals surface area contributed by atoms with Crippen LogP contribution in [0.1, 0.15) is 24.2 Å². The van der Waals surface area contributed by atoms with Gasteiger partial charge in [0, 0.05) is 5.70 Å². The van der Waals surface area contributed by atoms with Gasteiger partial charge in [0.05, 0.1) is 56.5 Å². The Labute approximate surface area is 195 Å². The van der Waals surface area contributed by atoms with Gasteiger partial charge in [-0.05, 0) is 37.3 Å². The molecular weight excluding hydrogens is 481 g/mol. The van der Waals surface area contributed by atoms with Gasteiger partial charge in [0.2, 0.25) is 5.91 Å². The Bertz CT molecular complexity index is 1200. The van der Waals surface area contributed by atoms with Crippen molar-refractivity contribution in [3.63, 3.8) is 0 Å². The Kier molecular flexibility index (Phi) is 7.09. The number of primary amides is 1. The predicted octanol–water partition coefficient (Wildman–Crippen LogP) is 4.50. The van der Waals surface area contributed by atoms with E-state index in [-0.39, 0.29) is 33.4 Å². The van der Waals surface area contributed by atoms with E-state index in [0.29, 0.717) is 10.7 Å². The van der Waals surface area contributed by atoms with E-state index in [2.05, 4.69) is 10.6 Å². The summed E-state index contributed by atoms with van der Waals surface area (Å²) in [5.74, 6) is -2.23. The van der Waals surface area contributed by atoms with Crippen LogP contribution in [0, 0.1) is 11.3 Å². The maximum atomic E-state index is 13.2. The maximum absolute atomic E-state index is 13.2. The number of rotatable bonds is 6. The van der Waals surface area contributed by atoms with Crippen molar-refractivity contribution in [2.45, 2.75) is 19.0 Å². The Morgan fingerprint density at radius 2 is 2.09 bits per heavy atom. The van der Waals surface area contributed by atoms with Crippen LogP contribution in [0.4, 0.5) is 18.9 Å². The number of benzene rings is 1. The molecule has 33 heavy (non-hydrogen) atoms. The van der Waals surface area contributed by atoms with Gasteiger partial charge in [-0.1, -0.05) is 23.4 Å². The highest BCUT2D eigenvalue weighted by Crippen LogP contribution is 2.41. The van der Waals surface area contributed by atoms with E-state index in [1.54, 1.807) is 19.1 Å². The van der Waals surface area contributed by atoms with Gasteiger partial charge in [0.15, 0.2) is 0 Å². The highest BCUT2D eigenvalue weighted by molar-refractivity contribution is 8.03. The van der Waals surface area contributed by atoms with E-state index < -0.39 is 29.5 Å². The van der Waals surface area contributed by atoms with Crippen LogP contribution in [-0.2, 0) is 15.8 Å². The highest BCUT2D eigenvalue weighted by Gasteiger charge is 2.37. The summed E-state index contributed by atoms with van der Waals surface area (Å²) < 4.78 is 44.8. The number of dihydropyridines is 1. The number of nitriles is 1. The summed E-state index contributed by atoms with van der Waals surface area (Å²) >= 11 is 7.00. The van der Waals surface area contributed by atoms with Crippen molar-refractivity contribution < 1.29 is 27.2 Å². The lowest BCUT2D eigenvalue weighted by molar-refractivity contribution is -0.137. The van der Waals surface area contributed by atoms with Crippen molar-refractivity contribution in [2.24, 2.45) is 5.73 Å². The number of allylic oxidation sites excluding steroid dienone is 2. The van der Waals surface area contributed by atoms with Gasteiger partial charge < -0.3 is 20.8 Å². The molecule has 1 aromatic carbocycles. The summed E-state index contributed by atoms with van der Waals surface area (Å²) in [5, 5.41) is 15.3. The van der Waals surface area contributed by atoms with Crippen LogP contribution in [0.5, 0.6) is 0 Å². The normalized spacial score (nSPS) is 16.3. The van der Waals surface area contributed by atoms with Crippen molar-refractivity contribution in [1.29, 1.82) is 5.26 Å². The van der Waals surface area contributed by atoms with Crippen LogP contribution in [-0.4, -0.2) is 17.6 Å². The quantitative estimate of drug-likeness (QED) is 0.541. The molecule has 0 bridgehead atoms. The lowest BCUT2D eigenvalue weighted by atomic mass is 9.85. The third-order valence-electron chi connectivity index (χ3n) is 4.62. The average Bonchev–Trinajstić information content (AvgIpc) is 3.26. The smallest absolute Gasteiger partial charge is 0.416 e. The number of hydrogen-bond acceptors (Lipinski definition) is 6. The molecule has 1 atom stereocenters. The number of furan rings is 1. The van der Waals surface area contributed by atoms with E-state index in [1.165, 1.54) is 6.26 Å². The SMILES string of the molecule is CC1=C(C(=O)Nc2cc(C(F)(F)F)ccc2Cl)[C@H](c2ccco2)C(C#N)=C(SCC(N)=O)N1. The predicted molar refractivity (Wildman–Crippen MR) is 117 cm³/mol. The van der Waals surface area contributed by atoms with Gasteiger partial charge in [-0.15, -0.1) is 0 Å². The van der Waals surface area contributed by atoms with E-state index in [9.17, 15) is 28.0 Å². The zero-order valence-corrected chi connectivity index (χ0v) is 18.5. The van der Waals surface area contributed by atoms with E-state index in [0.717, 1.165) is 30.0 Å². The zero-order valence-electron chi connectivity index (χ0n) is 16.9. The second-order valence-electron chi connectivity index (χ2n) is 6.87. The molecule has 0 fully saturated rings. The van der Waals surface area contributed by atoms with Gasteiger partial charge in [0.25, 0.3) is 5.91 Å². The first kappa shape index (κ1) is 24.3. The number of thioether (sulfide) groups is 1. The number of hydrogen-bond donors (Lipinski definition) is 3. The first-order valence-electron chi connectivity index (χ1n) is 9.27. The van der Waals surface area contributed by atoms with Gasteiger partial charge in [0.1, 0.15) is 5.76 Å². The molecule has 1 aliphatic heterocycles. The Morgan fingerprint density at radius 1 is 1.36 bits per heavy atom. The molecule has 0 saturated carbocycles. The number of carbonyl (C=O) groups is 2. The van der Waals surface area contributed by atoms with Crippen LogP contribution in [0.3, 0.4) is 0 Å². The Balaban J connectivity index is 2.03. The summed E-state index contributed by atoms with van der Waals surface area (Å²) in [4.78, 5) is 24.4. The van der Waals surface area contributed by atoms with Crippen LogP contribution in [0.25, 0.3) is 0 Å². The summed E-state index contributed by atoms with van der Waals surface area (Å²) in [7, 11) is 0. The fraction of sp³-hybridized carbons (Fsp3) is 0.190. The molecule has 2 heterocycles. The third-order valence-corrected chi connectivity index (χ3v) is 5.99. The molecule has 7 nitrogen and oxygen atoms in total. The first-order chi connectivity index (χ1) is 15.5. The van der Waals surface area contributed by atoms with Gasteiger partial charge in [-0.25, -0.2) is 0 Å². The van der Waals surface area contributed by atoms with Crippen molar-refractivity contribution in [3.05, 3.63) is 74.8 Å². The minimum Gasteiger partial charge on any atom is -0.468 e. The number of halogens is 4. The summed E-state index contributed by atoms with van der Waals surface area (Å²) in [6.07, 6.45) is -3.28. The molecule has 4 N–H and O–H groups in total. The van der Waals surface area contributed by atoms with Crippen molar-refractivity contribution in [3.8, 4) is 6.07 Å². The number of nitrogens with two attached hydrogens (primary N) is 1. The second-order valence-corrected chi connectivity index (χ2v) is 8.26. The summed E-state index contributed by atoms with van der Waals surface area (Å²) in [6.45, 7) is 1.55. The fourth-order valence-corrected chi connectivity index (χ4v) is 4.19. The molecule has 0 radical (unpaired) electrons. The average molecular weight is 497 g/mol. The third kappa shape index (κ3) is 5.35. The van der Waals surface area contributed by atoms with Crippen LogP contribution >= 0.6 is 23.4 Å². The number of nitrogens with one attached hydrogen (secondary N) is 2. The molecule has 2 aromatic rings. The zero-order chi connectivity index (χ0) is 24.3. The molecule has 0 aliphatic carbocycles. The molecule has 3 rings (SSSR count). The lowest BCUT2D eigenvalue weighted by Gasteiger charge is -2.28. The first-order valence-corrected chi connectivity index (χ1v) is 10.6. The molecule has 0 saturated heterocycles. The van der Waals surface area contributed by atoms with Crippen molar-refractivity contribution in [2.75, 3.05) is 11.1 Å². The molecule has 1 aliphatic rings.